The van der Waals surface area contributed by atoms with Gasteiger partial charge in [-0.15, -0.1) is 0 Å². The quantitative estimate of drug-likeness (QED) is 0.623. The number of piperidine rings is 1. The van der Waals surface area contributed by atoms with E-state index < -0.39 is 5.60 Å². The third kappa shape index (κ3) is 3.03. The summed E-state index contributed by atoms with van der Waals surface area (Å²) >= 11 is 0. The van der Waals surface area contributed by atoms with Gasteiger partial charge >= 0.3 is 0 Å². The molecule has 1 saturated heterocycles. The van der Waals surface area contributed by atoms with Gasteiger partial charge in [0.2, 0.25) is 0 Å². The fourth-order valence-corrected chi connectivity index (χ4v) is 2.95. The van der Waals surface area contributed by atoms with Crippen LogP contribution in [0.5, 0.6) is 0 Å². The van der Waals surface area contributed by atoms with Crippen LogP contribution in [-0.4, -0.2) is 41.9 Å². The third-order valence-corrected chi connectivity index (χ3v) is 4.23. The number of hydrogen-bond donors (Lipinski definition) is 4. The molecular weight excluding hydrogens is 250 g/mol. The maximum Gasteiger partial charge on any atom is 0.0795 e. The van der Waals surface area contributed by atoms with Crippen molar-refractivity contribution >= 4 is 10.9 Å². The van der Waals surface area contributed by atoms with Crippen LogP contribution in [-0.2, 0) is 6.42 Å². The molecule has 1 fully saturated rings. The number of hydrogen-bond acceptors (Lipinski definition) is 3. The summed E-state index contributed by atoms with van der Waals surface area (Å²) in [4.78, 5) is 3.30. The van der Waals surface area contributed by atoms with E-state index in [-0.39, 0.29) is 0 Å². The normalized spacial score (nSPS) is 18.4. The Morgan fingerprint density at radius 3 is 2.85 bits per heavy atom. The van der Waals surface area contributed by atoms with Crippen LogP contribution in [0.4, 0.5) is 0 Å². The maximum atomic E-state index is 10.4. The molecule has 1 aliphatic rings. The van der Waals surface area contributed by atoms with Crippen molar-refractivity contribution in [2.45, 2.75) is 24.9 Å². The van der Waals surface area contributed by atoms with Crippen molar-refractivity contribution in [2.24, 2.45) is 0 Å². The van der Waals surface area contributed by atoms with Gasteiger partial charge in [-0.2, -0.15) is 0 Å². The van der Waals surface area contributed by atoms with E-state index >= 15 is 0 Å². The van der Waals surface area contributed by atoms with Crippen LogP contribution in [0.2, 0.25) is 0 Å². The third-order valence-electron chi connectivity index (χ3n) is 4.23. The number of rotatable bonds is 5. The smallest absolute Gasteiger partial charge is 0.0795 e. The zero-order chi connectivity index (χ0) is 13.8. The van der Waals surface area contributed by atoms with Crippen molar-refractivity contribution in [3.63, 3.8) is 0 Å². The average molecular weight is 273 g/mol. The molecule has 4 heteroatoms. The van der Waals surface area contributed by atoms with Gasteiger partial charge in [-0.3, -0.25) is 0 Å². The molecule has 1 aliphatic heterocycles. The lowest BCUT2D eigenvalue weighted by molar-refractivity contribution is 0.0114. The highest BCUT2D eigenvalue weighted by Crippen LogP contribution is 2.18. The molecule has 0 bridgehead atoms. The number of benzene rings is 1. The molecule has 0 unspecified atom stereocenters. The summed E-state index contributed by atoms with van der Waals surface area (Å²) in [7, 11) is 0. The Morgan fingerprint density at radius 2 is 2.00 bits per heavy atom. The Balaban J connectivity index is 1.50. The largest absolute Gasteiger partial charge is 0.388 e. The highest BCUT2D eigenvalue weighted by Gasteiger charge is 2.28. The molecule has 1 aromatic carbocycles. The van der Waals surface area contributed by atoms with Crippen LogP contribution in [0.3, 0.4) is 0 Å². The Hall–Kier alpha value is -1.36. The van der Waals surface area contributed by atoms with Gasteiger partial charge in [-0.05, 0) is 50.5 Å². The van der Waals surface area contributed by atoms with E-state index in [1.807, 2.05) is 6.07 Å². The van der Waals surface area contributed by atoms with Crippen LogP contribution in [0.1, 0.15) is 18.4 Å². The summed E-state index contributed by atoms with van der Waals surface area (Å²) < 4.78 is 0. The number of H-pyrrole nitrogens is 1. The van der Waals surface area contributed by atoms with Crippen LogP contribution >= 0.6 is 0 Å². The minimum absolute atomic E-state index is 0.522. The summed E-state index contributed by atoms with van der Waals surface area (Å²) in [6.07, 6.45) is 4.75. The van der Waals surface area contributed by atoms with E-state index in [9.17, 15) is 5.11 Å². The van der Waals surface area contributed by atoms with E-state index in [0.717, 1.165) is 38.9 Å². The lowest BCUT2D eigenvalue weighted by Crippen LogP contribution is -2.48. The lowest BCUT2D eigenvalue weighted by atomic mass is 9.92. The van der Waals surface area contributed by atoms with Crippen LogP contribution in [0.15, 0.2) is 30.5 Å². The van der Waals surface area contributed by atoms with E-state index in [0.29, 0.717) is 6.54 Å². The molecule has 0 atom stereocenters. The molecule has 1 aromatic heterocycles. The number of fused-ring (bicyclic) bond motifs is 1. The van der Waals surface area contributed by atoms with Crippen molar-refractivity contribution < 1.29 is 5.11 Å². The van der Waals surface area contributed by atoms with Gasteiger partial charge in [0.05, 0.1) is 5.60 Å². The topological polar surface area (TPSA) is 60.1 Å². The number of aliphatic hydroxyl groups is 1. The summed E-state index contributed by atoms with van der Waals surface area (Å²) in [5, 5.41) is 18.4. The van der Waals surface area contributed by atoms with E-state index in [4.69, 9.17) is 0 Å². The number of nitrogens with one attached hydrogen (secondary N) is 3. The van der Waals surface area contributed by atoms with Crippen molar-refractivity contribution in [3.8, 4) is 0 Å². The summed E-state index contributed by atoms with van der Waals surface area (Å²) in [6, 6.07) is 8.38. The molecule has 0 radical (unpaired) electrons. The second-order valence-corrected chi connectivity index (χ2v) is 5.76. The number of para-hydroxylation sites is 1. The van der Waals surface area contributed by atoms with Crippen LogP contribution < -0.4 is 10.6 Å². The molecular formula is C16H23N3O. The highest BCUT2D eigenvalue weighted by atomic mass is 16.3. The first-order valence-corrected chi connectivity index (χ1v) is 7.46. The van der Waals surface area contributed by atoms with E-state index in [1.54, 1.807) is 0 Å². The number of aromatic amines is 1. The molecule has 0 amide bonds. The zero-order valence-corrected chi connectivity index (χ0v) is 11.8. The van der Waals surface area contributed by atoms with Gasteiger partial charge in [0, 0.05) is 23.6 Å². The second kappa shape index (κ2) is 5.95. The van der Waals surface area contributed by atoms with Crippen molar-refractivity contribution in [1.82, 2.24) is 15.6 Å². The summed E-state index contributed by atoms with van der Waals surface area (Å²) in [6.45, 7) is 3.43. The van der Waals surface area contributed by atoms with E-state index in [2.05, 4.69) is 40.0 Å². The fraction of sp³-hybridized carbons (Fsp3) is 0.500. The molecule has 2 heterocycles. The molecule has 0 spiro atoms. The molecule has 0 aliphatic carbocycles. The van der Waals surface area contributed by atoms with Gasteiger partial charge < -0.3 is 20.7 Å². The standard InChI is InChI=1S/C16H23N3O/c20-16(6-9-17-10-7-16)12-18-8-5-13-11-19-15-4-2-1-3-14(13)15/h1-4,11,17-20H,5-10,12H2. The lowest BCUT2D eigenvalue weighted by Gasteiger charge is -2.32. The first kappa shape index (κ1) is 13.6. The highest BCUT2D eigenvalue weighted by molar-refractivity contribution is 5.83. The average Bonchev–Trinajstić information content (AvgIpc) is 2.88. The number of aromatic nitrogens is 1. The Bertz CT molecular complexity index is 558. The zero-order valence-electron chi connectivity index (χ0n) is 11.8. The minimum atomic E-state index is -0.522. The van der Waals surface area contributed by atoms with E-state index in [1.165, 1.54) is 16.5 Å². The molecule has 20 heavy (non-hydrogen) atoms. The van der Waals surface area contributed by atoms with Crippen LogP contribution in [0.25, 0.3) is 10.9 Å². The van der Waals surface area contributed by atoms with Crippen LogP contribution in [0, 0.1) is 0 Å². The fourth-order valence-electron chi connectivity index (χ4n) is 2.95. The summed E-state index contributed by atoms with van der Waals surface area (Å²) in [5.41, 5.74) is 2.01. The van der Waals surface area contributed by atoms with Gasteiger partial charge in [0.25, 0.3) is 0 Å². The molecule has 108 valence electrons. The van der Waals surface area contributed by atoms with Crippen molar-refractivity contribution in [1.29, 1.82) is 0 Å². The molecule has 4 N–H and O–H groups in total. The van der Waals surface area contributed by atoms with Gasteiger partial charge in [-0.1, -0.05) is 18.2 Å². The molecule has 0 saturated carbocycles. The molecule has 3 rings (SSSR count). The van der Waals surface area contributed by atoms with Gasteiger partial charge in [0.15, 0.2) is 0 Å². The second-order valence-electron chi connectivity index (χ2n) is 5.76. The first-order valence-electron chi connectivity index (χ1n) is 7.46. The maximum absolute atomic E-state index is 10.4. The van der Waals surface area contributed by atoms with Gasteiger partial charge in [0.1, 0.15) is 0 Å². The van der Waals surface area contributed by atoms with Crippen molar-refractivity contribution in [2.75, 3.05) is 26.2 Å². The monoisotopic (exact) mass is 273 g/mol. The molecule has 4 nitrogen and oxygen atoms in total. The minimum Gasteiger partial charge on any atom is -0.388 e. The SMILES string of the molecule is OC1(CNCCc2c[nH]c3ccccc23)CCNCC1. The Morgan fingerprint density at radius 1 is 1.20 bits per heavy atom. The van der Waals surface area contributed by atoms with Crippen molar-refractivity contribution in [3.05, 3.63) is 36.0 Å². The Labute approximate surface area is 119 Å². The molecule has 2 aromatic rings. The van der Waals surface area contributed by atoms with Gasteiger partial charge in [-0.25, -0.2) is 0 Å². The predicted molar refractivity (Wildman–Crippen MR) is 81.9 cm³/mol. The Kier molecular flexibility index (Phi) is 4.05. The first-order chi connectivity index (χ1) is 9.77. The predicted octanol–water partition coefficient (Wildman–Crippen LogP) is 1.41. The summed E-state index contributed by atoms with van der Waals surface area (Å²) in [5.74, 6) is 0.